The molecule has 0 radical (unpaired) electrons. The fraction of sp³-hybridized carbons (Fsp3) is 0.462. The molecule has 0 aliphatic rings. The summed E-state index contributed by atoms with van der Waals surface area (Å²) in [6.45, 7) is 6.47. The van der Waals surface area contributed by atoms with E-state index in [4.69, 9.17) is 28.9 Å². The molecule has 0 spiro atoms. The fourth-order valence-electron chi connectivity index (χ4n) is 1.61. The quantitative estimate of drug-likeness (QED) is 0.875. The summed E-state index contributed by atoms with van der Waals surface area (Å²) in [5, 5.41) is 3.93. The van der Waals surface area contributed by atoms with Crippen LogP contribution in [0.5, 0.6) is 0 Å². The lowest BCUT2D eigenvalue weighted by Gasteiger charge is -2.30. The van der Waals surface area contributed by atoms with E-state index in [-0.39, 0.29) is 0 Å². The number of halogens is 2. The van der Waals surface area contributed by atoms with Gasteiger partial charge in [0.2, 0.25) is 5.91 Å². The van der Waals surface area contributed by atoms with Gasteiger partial charge in [0.15, 0.2) is 0 Å². The molecular weight excluding hydrogens is 271 g/mol. The number of rotatable bonds is 5. The van der Waals surface area contributed by atoms with E-state index < -0.39 is 11.4 Å². The molecule has 0 aliphatic heterocycles. The summed E-state index contributed by atoms with van der Waals surface area (Å²) in [6, 6.07) is 5.19. The molecule has 0 aliphatic carbocycles. The highest BCUT2D eigenvalue weighted by molar-refractivity contribution is 6.42. The summed E-state index contributed by atoms with van der Waals surface area (Å²) < 4.78 is 0. The van der Waals surface area contributed by atoms with E-state index >= 15 is 0 Å². The highest BCUT2D eigenvalue weighted by Crippen LogP contribution is 2.33. The van der Waals surface area contributed by atoms with Crippen molar-refractivity contribution in [1.82, 2.24) is 5.32 Å². The van der Waals surface area contributed by atoms with E-state index in [1.807, 2.05) is 13.8 Å². The summed E-state index contributed by atoms with van der Waals surface area (Å²) in [7, 11) is 0. The Bertz CT molecular complexity index is 449. The van der Waals surface area contributed by atoms with Crippen LogP contribution in [0.25, 0.3) is 0 Å². The first-order chi connectivity index (χ1) is 8.29. The lowest BCUT2D eigenvalue weighted by Crippen LogP contribution is -2.51. The number of carbonyl (C=O) groups is 1. The van der Waals surface area contributed by atoms with Crippen LogP contribution < -0.4 is 11.1 Å². The molecule has 100 valence electrons. The molecule has 0 aromatic heterocycles. The Morgan fingerprint density at radius 3 is 2.56 bits per heavy atom. The third-order valence-electron chi connectivity index (χ3n) is 2.85. The van der Waals surface area contributed by atoms with Gasteiger partial charge < -0.3 is 5.73 Å². The summed E-state index contributed by atoms with van der Waals surface area (Å²) >= 11 is 12.1. The van der Waals surface area contributed by atoms with Gasteiger partial charge in [0, 0.05) is 5.56 Å². The second-order valence-corrected chi connectivity index (χ2v) is 5.65. The average molecular weight is 289 g/mol. The zero-order valence-electron chi connectivity index (χ0n) is 10.8. The van der Waals surface area contributed by atoms with Crippen molar-refractivity contribution >= 4 is 29.1 Å². The number of carbonyl (C=O) groups excluding carboxylic acids is 1. The van der Waals surface area contributed by atoms with Crippen molar-refractivity contribution in [3.8, 4) is 0 Å². The molecule has 0 fully saturated rings. The number of nitrogens with two attached hydrogens (primary N) is 1. The Kier molecular flexibility index (Phi) is 5.02. The molecule has 0 heterocycles. The summed E-state index contributed by atoms with van der Waals surface area (Å²) in [4.78, 5) is 11.8. The Morgan fingerprint density at radius 1 is 1.44 bits per heavy atom. The zero-order chi connectivity index (χ0) is 13.9. The molecule has 0 bridgehead atoms. The Hall–Kier alpha value is -0.770. The van der Waals surface area contributed by atoms with Crippen molar-refractivity contribution in [2.24, 2.45) is 11.7 Å². The number of nitrogens with one attached hydrogen (secondary N) is 1. The van der Waals surface area contributed by atoms with Gasteiger partial charge in [0.25, 0.3) is 0 Å². The molecule has 0 saturated carbocycles. The highest BCUT2D eigenvalue weighted by atomic mass is 35.5. The largest absolute Gasteiger partial charge is 0.368 e. The zero-order valence-corrected chi connectivity index (χ0v) is 12.3. The number of hydrogen-bond donors (Lipinski definition) is 2. The maximum atomic E-state index is 11.8. The molecule has 3 N–H and O–H groups in total. The number of amides is 1. The van der Waals surface area contributed by atoms with Gasteiger partial charge in [-0.3, -0.25) is 10.1 Å². The van der Waals surface area contributed by atoms with Crippen molar-refractivity contribution in [3.05, 3.63) is 33.8 Å². The summed E-state index contributed by atoms with van der Waals surface area (Å²) in [5.41, 5.74) is 5.09. The van der Waals surface area contributed by atoms with E-state index in [0.29, 0.717) is 28.1 Å². The summed E-state index contributed by atoms with van der Waals surface area (Å²) in [5.74, 6) is -0.0889. The summed E-state index contributed by atoms with van der Waals surface area (Å²) in [6.07, 6.45) is 0. The SMILES string of the molecule is CC(C)CNC(C)(C(N)=O)c1cccc(Cl)c1Cl. The molecule has 1 unspecified atom stereocenters. The lowest BCUT2D eigenvalue weighted by molar-refractivity contribution is -0.124. The Balaban J connectivity index is 3.19. The normalized spacial score (nSPS) is 14.6. The van der Waals surface area contributed by atoms with Gasteiger partial charge in [-0.25, -0.2) is 0 Å². The van der Waals surface area contributed by atoms with Gasteiger partial charge >= 0.3 is 0 Å². The van der Waals surface area contributed by atoms with E-state index in [1.165, 1.54) is 0 Å². The average Bonchev–Trinajstić information content (AvgIpc) is 2.29. The molecule has 3 nitrogen and oxygen atoms in total. The van der Waals surface area contributed by atoms with Crippen LogP contribution in [0.2, 0.25) is 10.0 Å². The van der Waals surface area contributed by atoms with Gasteiger partial charge in [0.1, 0.15) is 5.54 Å². The van der Waals surface area contributed by atoms with Crippen LogP contribution in [0.1, 0.15) is 26.3 Å². The third kappa shape index (κ3) is 3.16. The van der Waals surface area contributed by atoms with Gasteiger partial charge in [-0.05, 0) is 25.5 Å². The highest BCUT2D eigenvalue weighted by Gasteiger charge is 2.35. The van der Waals surface area contributed by atoms with Crippen LogP contribution in [-0.2, 0) is 10.3 Å². The molecule has 1 aromatic carbocycles. The van der Waals surface area contributed by atoms with Gasteiger partial charge in [-0.2, -0.15) is 0 Å². The van der Waals surface area contributed by atoms with Crippen LogP contribution in [-0.4, -0.2) is 12.5 Å². The third-order valence-corrected chi connectivity index (χ3v) is 3.67. The van der Waals surface area contributed by atoms with Crippen LogP contribution in [0.15, 0.2) is 18.2 Å². The van der Waals surface area contributed by atoms with Crippen LogP contribution >= 0.6 is 23.2 Å². The molecule has 5 heteroatoms. The lowest BCUT2D eigenvalue weighted by atomic mass is 9.90. The molecular formula is C13H18Cl2N2O. The molecule has 1 aromatic rings. The second kappa shape index (κ2) is 5.91. The van der Waals surface area contributed by atoms with Crippen molar-refractivity contribution in [3.63, 3.8) is 0 Å². The maximum absolute atomic E-state index is 11.8. The topological polar surface area (TPSA) is 55.1 Å². The van der Waals surface area contributed by atoms with E-state index in [1.54, 1.807) is 25.1 Å². The van der Waals surface area contributed by atoms with Crippen LogP contribution in [0.4, 0.5) is 0 Å². The van der Waals surface area contributed by atoms with Crippen LogP contribution in [0.3, 0.4) is 0 Å². The van der Waals surface area contributed by atoms with Crippen molar-refractivity contribution in [2.45, 2.75) is 26.3 Å². The molecule has 0 saturated heterocycles. The van der Waals surface area contributed by atoms with Crippen molar-refractivity contribution in [1.29, 1.82) is 0 Å². The Morgan fingerprint density at radius 2 is 2.06 bits per heavy atom. The number of hydrogen-bond acceptors (Lipinski definition) is 2. The van der Waals surface area contributed by atoms with Crippen molar-refractivity contribution < 1.29 is 4.79 Å². The second-order valence-electron chi connectivity index (χ2n) is 4.87. The number of primary amides is 1. The fourth-order valence-corrected chi connectivity index (χ4v) is 2.10. The van der Waals surface area contributed by atoms with Gasteiger partial charge in [-0.15, -0.1) is 0 Å². The van der Waals surface area contributed by atoms with E-state index in [0.717, 1.165) is 0 Å². The predicted octanol–water partition coefficient (Wildman–Crippen LogP) is 2.94. The molecule has 1 rings (SSSR count). The van der Waals surface area contributed by atoms with Crippen molar-refractivity contribution in [2.75, 3.05) is 6.54 Å². The first-order valence-electron chi connectivity index (χ1n) is 5.78. The molecule has 1 amide bonds. The molecule has 1 atom stereocenters. The maximum Gasteiger partial charge on any atom is 0.242 e. The van der Waals surface area contributed by atoms with E-state index in [2.05, 4.69) is 5.32 Å². The number of benzene rings is 1. The van der Waals surface area contributed by atoms with Gasteiger partial charge in [-0.1, -0.05) is 49.2 Å². The smallest absolute Gasteiger partial charge is 0.242 e. The molecule has 18 heavy (non-hydrogen) atoms. The monoisotopic (exact) mass is 288 g/mol. The predicted molar refractivity (Wildman–Crippen MR) is 75.8 cm³/mol. The van der Waals surface area contributed by atoms with Crippen LogP contribution in [0, 0.1) is 5.92 Å². The first kappa shape index (κ1) is 15.3. The first-order valence-corrected chi connectivity index (χ1v) is 6.54. The Labute approximate surface area is 118 Å². The minimum Gasteiger partial charge on any atom is -0.368 e. The minimum absolute atomic E-state index is 0.358. The standard InChI is InChI=1S/C13H18Cl2N2O/c1-8(2)7-17-13(3,12(16)18)9-5-4-6-10(14)11(9)15/h4-6,8,17H,7H2,1-3H3,(H2,16,18). The van der Waals surface area contributed by atoms with E-state index in [9.17, 15) is 4.79 Å². The minimum atomic E-state index is -1.02. The van der Waals surface area contributed by atoms with Gasteiger partial charge in [0.05, 0.1) is 10.0 Å².